The predicted octanol–water partition coefficient (Wildman–Crippen LogP) is 3.98. The molecule has 4 rings (SSSR count). The van der Waals surface area contributed by atoms with E-state index in [-0.39, 0.29) is 5.57 Å². The highest BCUT2D eigenvalue weighted by Gasteiger charge is 2.15. The SMILES string of the molecule is Cc1ccc(-n2nc(C)cc2NC(=O)/C(C#N)=C/c2cnc3ccccc3n2)cc1. The van der Waals surface area contributed by atoms with Crippen LogP contribution in [0.1, 0.15) is 17.0 Å². The molecule has 0 saturated carbocycles. The highest BCUT2D eigenvalue weighted by Crippen LogP contribution is 2.19. The van der Waals surface area contributed by atoms with Gasteiger partial charge in [0.15, 0.2) is 0 Å². The van der Waals surface area contributed by atoms with Gasteiger partial charge in [-0.3, -0.25) is 9.78 Å². The third-order valence-corrected chi connectivity index (χ3v) is 4.48. The van der Waals surface area contributed by atoms with E-state index in [2.05, 4.69) is 20.4 Å². The van der Waals surface area contributed by atoms with E-state index in [0.717, 1.165) is 22.5 Å². The van der Waals surface area contributed by atoms with Crippen molar-refractivity contribution >= 4 is 28.8 Å². The smallest absolute Gasteiger partial charge is 0.267 e. The fourth-order valence-electron chi connectivity index (χ4n) is 2.99. The average molecular weight is 394 g/mol. The molecule has 0 aliphatic carbocycles. The quantitative estimate of drug-likeness (QED) is 0.417. The lowest BCUT2D eigenvalue weighted by Crippen LogP contribution is -2.16. The molecule has 0 aliphatic rings. The van der Waals surface area contributed by atoms with Crippen LogP contribution in [-0.2, 0) is 4.79 Å². The lowest BCUT2D eigenvalue weighted by molar-refractivity contribution is -0.112. The molecule has 2 heterocycles. The molecule has 30 heavy (non-hydrogen) atoms. The molecule has 0 aliphatic heterocycles. The van der Waals surface area contributed by atoms with Crippen LogP contribution in [0.3, 0.4) is 0 Å². The zero-order chi connectivity index (χ0) is 21.1. The Kier molecular flexibility index (Phi) is 5.06. The summed E-state index contributed by atoms with van der Waals surface area (Å²) in [6, 6.07) is 18.9. The molecule has 4 aromatic rings. The van der Waals surface area contributed by atoms with Gasteiger partial charge in [0.2, 0.25) is 0 Å². The molecule has 7 nitrogen and oxygen atoms in total. The molecule has 0 atom stereocenters. The number of hydrogen-bond donors (Lipinski definition) is 1. The second-order valence-electron chi connectivity index (χ2n) is 6.83. The van der Waals surface area contributed by atoms with Gasteiger partial charge >= 0.3 is 0 Å². The number of carbonyl (C=O) groups is 1. The topological polar surface area (TPSA) is 96.5 Å². The number of nitriles is 1. The van der Waals surface area contributed by atoms with Crippen molar-refractivity contribution in [2.45, 2.75) is 13.8 Å². The number of anilines is 1. The van der Waals surface area contributed by atoms with Crippen molar-refractivity contribution in [3.8, 4) is 11.8 Å². The number of fused-ring (bicyclic) bond motifs is 1. The molecule has 0 spiro atoms. The number of carbonyl (C=O) groups excluding carboxylic acids is 1. The Morgan fingerprint density at radius 1 is 1.10 bits per heavy atom. The van der Waals surface area contributed by atoms with E-state index in [0.29, 0.717) is 17.0 Å². The lowest BCUT2D eigenvalue weighted by atomic mass is 10.2. The summed E-state index contributed by atoms with van der Waals surface area (Å²) in [5.41, 5.74) is 4.48. The number of hydrogen-bond acceptors (Lipinski definition) is 5. The van der Waals surface area contributed by atoms with Gasteiger partial charge in [0.1, 0.15) is 17.5 Å². The van der Waals surface area contributed by atoms with E-state index in [1.165, 1.54) is 12.3 Å². The molecule has 0 radical (unpaired) electrons. The Balaban J connectivity index is 1.63. The first-order valence-corrected chi connectivity index (χ1v) is 9.32. The molecule has 146 valence electrons. The predicted molar refractivity (Wildman–Crippen MR) is 115 cm³/mol. The summed E-state index contributed by atoms with van der Waals surface area (Å²) in [5.74, 6) is -0.0622. The summed E-state index contributed by atoms with van der Waals surface area (Å²) < 4.78 is 1.64. The summed E-state index contributed by atoms with van der Waals surface area (Å²) in [7, 11) is 0. The Hall–Kier alpha value is -4.31. The van der Waals surface area contributed by atoms with Crippen molar-refractivity contribution in [2.24, 2.45) is 0 Å². The van der Waals surface area contributed by atoms with Crippen molar-refractivity contribution < 1.29 is 4.79 Å². The van der Waals surface area contributed by atoms with Crippen molar-refractivity contribution in [2.75, 3.05) is 5.32 Å². The number of para-hydroxylation sites is 2. The van der Waals surface area contributed by atoms with Gasteiger partial charge in [-0.25, -0.2) is 9.67 Å². The number of aryl methyl sites for hydroxylation is 2. The Labute approximate surface area is 173 Å². The number of amides is 1. The fraction of sp³-hybridized carbons (Fsp3) is 0.0870. The molecular formula is C23H18N6O. The second kappa shape index (κ2) is 7.97. The van der Waals surface area contributed by atoms with E-state index >= 15 is 0 Å². The minimum absolute atomic E-state index is 0.0751. The normalized spacial score (nSPS) is 11.3. The standard InChI is InChI=1S/C23H18N6O/c1-15-7-9-19(10-8-15)29-22(11-16(2)28-29)27-23(30)17(13-24)12-18-14-25-20-5-3-4-6-21(20)26-18/h3-12,14H,1-2H3,(H,27,30)/b17-12+. The van der Waals surface area contributed by atoms with Crippen molar-refractivity contribution in [3.05, 3.63) is 83.3 Å². The van der Waals surface area contributed by atoms with Gasteiger partial charge in [-0.2, -0.15) is 10.4 Å². The average Bonchev–Trinajstić information content (AvgIpc) is 3.12. The van der Waals surface area contributed by atoms with Gasteiger partial charge in [-0.15, -0.1) is 0 Å². The molecule has 2 aromatic carbocycles. The van der Waals surface area contributed by atoms with Crippen LogP contribution in [0.2, 0.25) is 0 Å². The third kappa shape index (κ3) is 3.93. The zero-order valence-corrected chi connectivity index (χ0v) is 16.5. The molecule has 0 fully saturated rings. The van der Waals surface area contributed by atoms with Gasteiger partial charge in [-0.1, -0.05) is 29.8 Å². The Bertz CT molecular complexity index is 1310. The largest absolute Gasteiger partial charge is 0.306 e. The summed E-state index contributed by atoms with van der Waals surface area (Å²) in [6.45, 7) is 3.84. The molecule has 0 saturated heterocycles. The van der Waals surface area contributed by atoms with Gasteiger partial charge in [0.25, 0.3) is 5.91 Å². The molecule has 0 unspecified atom stereocenters. The lowest BCUT2D eigenvalue weighted by Gasteiger charge is -2.09. The van der Waals surface area contributed by atoms with Crippen LogP contribution < -0.4 is 5.32 Å². The van der Waals surface area contributed by atoms with Crippen molar-refractivity contribution in [1.29, 1.82) is 5.26 Å². The van der Waals surface area contributed by atoms with Crippen LogP contribution in [0.5, 0.6) is 0 Å². The summed E-state index contributed by atoms with van der Waals surface area (Å²) in [4.78, 5) is 21.5. The van der Waals surface area contributed by atoms with Gasteiger partial charge in [0, 0.05) is 6.07 Å². The monoisotopic (exact) mass is 394 g/mol. The van der Waals surface area contributed by atoms with E-state index in [9.17, 15) is 10.1 Å². The van der Waals surface area contributed by atoms with Crippen LogP contribution in [-0.4, -0.2) is 25.7 Å². The van der Waals surface area contributed by atoms with E-state index in [4.69, 9.17) is 0 Å². The Morgan fingerprint density at radius 3 is 2.57 bits per heavy atom. The minimum Gasteiger partial charge on any atom is -0.306 e. The van der Waals surface area contributed by atoms with Gasteiger partial charge in [0.05, 0.1) is 34.3 Å². The van der Waals surface area contributed by atoms with Crippen LogP contribution in [0.4, 0.5) is 5.82 Å². The van der Waals surface area contributed by atoms with E-state index < -0.39 is 5.91 Å². The fourth-order valence-corrected chi connectivity index (χ4v) is 2.99. The highest BCUT2D eigenvalue weighted by atomic mass is 16.1. The first-order chi connectivity index (χ1) is 14.5. The van der Waals surface area contributed by atoms with E-state index in [1.807, 2.05) is 68.4 Å². The number of aromatic nitrogens is 4. The number of nitrogens with zero attached hydrogens (tertiary/aromatic N) is 5. The molecule has 2 aromatic heterocycles. The second-order valence-corrected chi connectivity index (χ2v) is 6.83. The van der Waals surface area contributed by atoms with Gasteiger partial charge in [-0.05, 0) is 44.2 Å². The number of nitrogens with one attached hydrogen (secondary N) is 1. The minimum atomic E-state index is -0.541. The first-order valence-electron chi connectivity index (χ1n) is 9.32. The van der Waals surface area contributed by atoms with Crippen LogP contribution in [0.15, 0.2) is 66.4 Å². The Morgan fingerprint density at radius 2 is 1.83 bits per heavy atom. The maximum Gasteiger partial charge on any atom is 0.267 e. The maximum absolute atomic E-state index is 12.8. The third-order valence-electron chi connectivity index (χ3n) is 4.48. The van der Waals surface area contributed by atoms with Crippen LogP contribution in [0.25, 0.3) is 22.8 Å². The summed E-state index contributed by atoms with van der Waals surface area (Å²) >= 11 is 0. The van der Waals surface area contributed by atoms with Crippen molar-refractivity contribution in [1.82, 2.24) is 19.7 Å². The molecule has 1 amide bonds. The zero-order valence-electron chi connectivity index (χ0n) is 16.5. The van der Waals surface area contributed by atoms with Crippen LogP contribution in [0, 0.1) is 25.2 Å². The number of benzene rings is 2. The molecule has 0 bridgehead atoms. The summed E-state index contributed by atoms with van der Waals surface area (Å²) in [5, 5.41) is 16.7. The van der Waals surface area contributed by atoms with Crippen LogP contribution >= 0.6 is 0 Å². The highest BCUT2D eigenvalue weighted by molar-refractivity contribution is 6.09. The molecular weight excluding hydrogens is 376 g/mol. The van der Waals surface area contributed by atoms with Crippen molar-refractivity contribution in [3.63, 3.8) is 0 Å². The number of rotatable bonds is 4. The van der Waals surface area contributed by atoms with Gasteiger partial charge < -0.3 is 5.32 Å². The molecule has 1 N–H and O–H groups in total. The van der Waals surface area contributed by atoms with E-state index in [1.54, 1.807) is 10.7 Å². The summed E-state index contributed by atoms with van der Waals surface area (Å²) in [6.07, 6.45) is 2.96. The molecule has 7 heteroatoms. The maximum atomic E-state index is 12.8. The first kappa shape index (κ1) is 19.0.